The van der Waals surface area contributed by atoms with Crippen LogP contribution in [0.4, 0.5) is 16.2 Å². The van der Waals surface area contributed by atoms with Gasteiger partial charge in [-0.2, -0.15) is 0 Å². The fourth-order valence-corrected chi connectivity index (χ4v) is 4.01. The van der Waals surface area contributed by atoms with Crippen molar-refractivity contribution in [3.8, 4) is 11.5 Å². The summed E-state index contributed by atoms with van der Waals surface area (Å²) in [5.41, 5.74) is 3.21. The fourth-order valence-electron chi connectivity index (χ4n) is 3.20. The van der Waals surface area contributed by atoms with Crippen LogP contribution in [0.25, 0.3) is 10.9 Å². The van der Waals surface area contributed by atoms with Crippen molar-refractivity contribution in [2.45, 2.75) is 11.2 Å². The van der Waals surface area contributed by atoms with E-state index in [0.717, 1.165) is 26.9 Å². The fraction of sp³-hybridized carbons (Fsp3) is 0.0870. The zero-order chi connectivity index (χ0) is 20.9. The Morgan fingerprint density at radius 3 is 2.27 bits per heavy atom. The number of hydrogen-bond donors (Lipinski definition) is 3. The number of hydrogen-bond acceptors (Lipinski definition) is 3. The largest absolute Gasteiger partial charge is 0.457 e. The van der Waals surface area contributed by atoms with E-state index in [1.165, 1.54) is 0 Å². The summed E-state index contributed by atoms with van der Waals surface area (Å²) < 4.78 is 8.54. The first kappa shape index (κ1) is 20.2. The van der Waals surface area contributed by atoms with Crippen molar-refractivity contribution in [1.29, 1.82) is 0 Å². The third-order valence-corrected chi connectivity index (χ3v) is 5.30. The lowest BCUT2D eigenvalue weighted by molar-refractivity contribution is 0.262. The summed E-state index contributed by atoms with van der Waals surface area (Å²) in [4.78, 5) is 12.4. The van der Waals surface area contributed by atoms with Gasteiger partial charge in [-0.25, -0.2) is 4.79 Å². The molecule has 6 nitrogen and oxygen atoms in total. The number of ether oxygens (including phenoxy) is 1. The molecule has 4 aromatic rings. The molecule has 2 amide bonds. The van der Waals surface area contributed by atoms with Gasteiger partial charge in [-0.15, -0.1) is 0 Å². The van der Waals surface area contributed by atoms with Gasteiger partial charge < -0.3 is 25.0 Å². The van der Waals surface area contributed by atoms with Crippen molar-refractivity contribution in [2.24, 2.45) is 0 Å². The minimum Gasteiger partial charge on any atom is -0.457 e. The van der Waals surface area contributed by atoms with Crippen molar-refractivity contribution < 1.29 is 14.6 Å². The molecule has 0 unspecified atom stereocenters. The molecule has 1 aromatic heterocycles. The van der Waals surface area contributed by atoms with E-state index in [1.807, 2.05) is 59.2 Å². The molecule has 0 saturated carbocycles. The Morgan fingerprint density at radius 2 is 1.57 bits per heavy atom. The molecule has 0 aliphatic heterocycles. The second-order valence-corrected chi connectivity index (χ2v) is 7.32. The van der Waals surface area contributed by atoms with Crippen LogP contribution in [0.2, 0.25) is 0 Å². The minimum absolute atomic E-state index is 0.0229. The van der Waals surface area contributed by atoms with Crippen molar-refractivity contribution in [3.05, 3.63) is 84.6 Å². The number of amides is 2. The Balaban J connectivity index is 1.40. The van der Waals surface area contributed by atoms with Gasteiger partial charge >= 0.3 is 6.03 Å². The summed E-state index contributed by atoms with van der Waals surface area (Å²) in [6.45, 7) is -0.0229. The zero-order valence-electron chi connectivity index (χ0n) is 16.0. The molecule has 0 atom stereocenters. The molecule has 0 radical (unpaired) electrons. The van der Waals surface area contributed by atoms with E-state index in [9.17, 15) is 9.90 Å². The number of urea groups is 1. The first-order valence-corrected chi connectivity index (χ1v) is 10.9. The number of nitrogens with one attached hydrogen (secondary N) is 2. The molecule has 152 valence electrons. The third-order valence-electron chi connectivity index (χ3n) is 4.62. The number of halogens is 1. The Bertz CT molecular complexity index is 1160. The Labute approximate surface area is 187 Å². The van der Waals surface area contributed by atoms with E-state index >= 15 is 0 Å². The number of aromatic nitrogens is 1. The second kappa shape index (κ2) is 9.19. The van der Waals surface area contributed by atoms with Crippen LogP contribution in [0, 0.1) is 0 Å². The summed E-state index contributed by atoms with van der Waals surface area (Å²) in [5, 5.41) is 16.2. The second-order valence-electron chi connectivity index (χ2n) is 6.63. The number of benzene rings is 3. The van der Waals surface area contributed by atoms with Crippen LogP contribution < -0.4 is 15.4 Å². The lowest BCUT2D eigenvalue weighted by Crippen LogP contribution is -2.19. The lowest BCUT2D eigenvalue weighted by atomic mass is 10.2. The van der Waals surface area contributed by atoms with E-state index in [-0.39, 0.29) is 12.6 Å². The normalized spacial score (nSPS) is 10.7. The average Bonchev–Trinajstić information content (AvgIpc) is 3.12. The summed E-state index contributed by atoms with van der Waals surface area (Å²) in [7, 11) is 0. The number of carbonyl (C=O) groups is 1. The van der Waals surface area contributed by atoms with Crippen LogP contribution in [0.3, 0.4) is 0 Å². The molecule has 1 heterocycles. The zero-order valence-corrected chi connectivity index (χ0v) is 18.2. The molecule has 0 saturated heterocycles. The van der Waals surface area contributed by atoms with Crippen LogP contribution in [-0.2, 0) is 11.2 Å². The molecule has 0 aliphatic carbocycles. The van der Waals surface area contributed by atoms with Gasteiger partial charge in [0.15, 0.2) is 0 Å². The summed E-state index contributed by atoms with van der Waals surface area (Å²) >= 11 is 2.26. The highest BCUT2D eigenvalue weighted by Crippen LogP contribution is 2.25. The van der Waals surface area contributed by atoms with E-state index in [2.05, 4.69) is 33.2 Å². The lowest BCUT2D eigenvalue weighted by Gasteiger charge is -2.10. The summed E-state index contributed by atoms with van der Waals surface area (Å²) in [6.07, 6.45) is 0. The van der Waals surface area contributed by atoms with E-state index in [1.54, 1.807) is 24.3 Å². The van der Waals surface area contributed by atoms with Crippen LogP contribution >= 0.6 is 22.6 Å². The maximum Gasteiger partial charge on any atom is 0.323 e. The van der Waals surface area contributed by atoms with Crippen molar-refractivity contribution in [2.75, 3.05) is 10.6 Å². The molecule has 0 bridgehead atoms. The van der Waals surface area contributed by atoms with Crippen molar-refractivity contribution >= 4 is 50.9 Å². The highest BCUT2D eigenvalue weighted by Gasteiger charge is 2.09. The van der Waals surface area contributed by atoms with Crippen LogP contribution in [0.15, 0.2) is 78.9 Å². The van der Waals surface area contributed by atoms with Crippen molar-refractivity contribution in [1.82, 2.24) is 4.57 Å². The first-order chi connectivity index (χ1) is 14.7. The Morgan fingerprint density at radius 1 is 0.900 bits per heavy atom. The maximum atomic E-state index is 12.4. The van der Waals surface area contributed by atoms with Gasteiger partial charge in [0.1, 0.15) is 11.5 Å². The third kappa shape index (κ3) is 4.58. The standard InChI is InChI=1S/C23H20IN3O3/c24-15-27-19(14-28)13-16-12-18(8-11-22(16)27)26-23(29)25-17-6-9-21(10-7-17)30-20-4-2-1-3-5-20/h1-13,28H,14-15H2,(H2,25,26,29). The molecule has 7 heteroatoms. The monoisotopic (exact) mass is 513 g/mol. The SMILES string of the molecule is O=C(Nc1ccc(Oc2ccccc2)cc1)Nc1ccc2c(c1)cc(CO)n2CI. The molecule has 0 aliphatic rings. The van der Waals surface area contributed by atoms with Crippen molar-refractivity contribution in [3.63, 3.8) is 0 Å². The van der Waals surface area contributed by atoms with Gasteiger partial charge in [0, 0.05) is 28.0 Å². The van der Waals surface area contributed by atoms with Gasteiger partial charge in [-0.3, -0.25) is 0 Å². The Kier molecular flexibility index (Phi) is 6.20. The van der Waals surface area contributed by atoms with Gasteiger partial charge in [0.05, 0.1) is 11.2 Å². The number of para-hydroxylation sites is 1. The van der Waals surface area contributed by atoms with Crippen LogP contribution in [-0.4, -0.2) is 15.7 Å². The number of fused-ring (bicyclic) bond motifs is 1. The number of anilines is 2. The number of carbonyl (C=O) groups excluding carboxylic acids is 1. The molecular formula is C23H20IN3O3. The first-order valence-electron chi connectivity index (χ1n) is 9.36. The highest BCUT2D eigenvalue weighted by molar-refractivity contribution is 14.1. The van der Waals surface area contributed by atoms with Crippen LogP contribution in [0.5, 0.6) is 11.5 Å². The summed E-state index contributed by atoms with van der Waals surface area (Å²) in [5.74, 6) is 1.45. The molecule has 3 aromatic carbocycles. The van der Waals surface area contributed by atoms with Gasteiger partial charge in [0.2, 0.25) is 0 Å². The van der Waals surface area contributed by atoms with Gasteiger partial charge in [-0.05, 0) is 60.7 Å². The number of aliphatic hydroxyl groups is 1. The molecule has 3 N–H and O–H groups in total. The number of alkyl halides is 1. The quantitative estimate of drug-likeness (QED) is 0.220. The van der Waals surface area contributed by atoms with Crippen LogP contribution in [0.1, 0.15) is 5.69 Å². The minimum atomic E-state index is -0.332. The van der Waals surface area contributed by atoms with E-state index in [0.29, 0.717) is 17.1 Å². The molecule has 30 heavy (non-hydrogen) atoms. The molecular weight excluding hydrogens is 493 g/mol. The number of aliphatic hydroxyl groups excluding tert-OH is 1. The number of nitrogens with zero attached hydrogens (tertiary/aromatic N) is 1. The molecule has 0 spiro atoms. The summed E-state index contributed by atoms with van der Waals surface area (Å²) in [6, 6.07) is 24.0. The van der Waals surface area contributed by atoms with E-state index < -0.39 is 0 Å². The van der Waals surface area contributed by atoms with E-state index in [4.69, 9.17) is 4.74 Å². The highest BCUT2D eigenvalue weighted by atomic mass is 127. The maximum absolute atomic E-state index is 12.4. The van der Waals surface area contributed by atoms with Gasteiger partial charge in [0.25, 0.3) is 0 Å². The smallest absolute Gasteiger partial charge is 0.323 e. The van der Waals surface area contributed by atoms with Gasteiger partial charge in [-0.1, -0.05) is 40.8 Å². The molecule has 0 fully saturated rings. The topological polar surface area (TPSA) is 75.5 Å². The Hall–Kier alpha value is -3.04. The predicted molar refractivity (Wildman–Crippen MR) is 127 cm³/mol. The molecule has 4 rings (SSSR count). The number of rotatable bonds is 6. The average molecular weight is 513 g/mol. The predicted octanol–water partition coefficient (Wildman–Crippen LogP) is 5.96.